The fourth-order valence-corrected chi connectivity index (χ4v) is 3.26. The lowest BCUT2D eigenvalue weighted by atomic mass is 10.0. The summed E-state index contributed by atoms with van der Waals surface area (Å²) in [6.07, 6.45) is 0. The van der Waals surface area contributed by atoms with E-state index in [1.54, 1.807) is 18.1 Å². The van der Waals surface area contributed by atoms with E-state index < -0.39 is 6.04 Å². The maximum Gasteiger partial charge on any atom is 0.285 e. The van der Waals surface area contributed by atoms with Gasteiger partial charge in [-0.1, -0.05) is 36.4 Å². The summed E-state index contributed by atoms with van der Waals surface area (Å²) in [6.45, 7) is 5.39. The van der Waals surface area contributed by atoms with E-state index in [1.807, 2.05) is 69.4 Å². The molecule has 2 amide bonds. The molecule has 0 aliphatic rings. The zero-order valence-corrected chi connectivity index (χ0v) is 17.1. The van der Waals surface area contributed by atoms with Crippen LogP contribution in [-0.4, -0.2) is 50.5 Å². The summed E-state index contributed by atoms with van der Waals surface area (Å²) in [6, 6.07) is 16.4. The highest BCUT2D eigenvalue weighted by atomic mass is 16.5. The zero-order valence-electron chi connectivity index (χ0n) is 17.1. The summed E-state index contributed by atoms with van der Waals surface area (Å²) in [5, 5.41) is 2.89. The van der Waals surface area contributed by atoms with Crippen LogP contribution >= 0.6 is 0 Å². The van der Waals surface area contributed by atoms with Gasteiger partial charge in [-0.05, 0) is 26.0 Å². The number of amides is 2. The maximum atomic E-state index is 13.1. The first-order valence-electron chi connectivity index (χ1n) is 9.60. The second kappa shape index (κ2) is 10.5. The minimum absolute atomic E-state index is 0.0304. The summed E-state index contributed by atoms with van der Waals surface area (Å²) in [7, 11) is 3.46. The molecule has 0 spiro atoms. The van der Waals surface area contributed by atoms with Gasteiger partial charge >= 0.3 is 0 Å². The number of quaternary nitrogens is 1. The number of nitrogens with zero attached hydrogens (tertiary/aromatic N) is 1. The van der Waals surface area contributed by atoms with Crippen molar-refractivity contribution in [2.45, 2.75) is 19.9 Å². The number of benzene rings is 2. The number of nitrogens with one attached hydrogen (secondary N) is 2. The van der Waals surface area contributed by atoms with Gasteiger partial charge in [0.1, 0.15) is 5.75 Å². The minimum atomic E-state index is -0.433. The van der Waals surface area contributed by atoms with E-state index in [4.69, 9.17) is 4.74 Å². The Morgan fingerprint density at radius 3 is 2.36 bits per heavy atom. The van der Waals surface area contributed by atoms with Gasteiger partial charge in [-0.15, -0.1) is 0 Å². The quantitative estimate of drug-likeness (QED) is 0.693. The van der Waals surface area contributed by atoms with Crippen LogP contribution in [-0.2, 0) is 9.59 Å². The smallest absolute Gasteiger partial charge is 0.285 e. The molecule has 6 nitrogen and oxygen atoms in total. The molecule has 1 unspecified atom stereocenters. The normalized spacial score (nSPS) is 12.7. The van der Waals surface area contributed by atoms with Crippen molar-refractivity contribution in [3.05, 3.63) is 60.2 Å². The lowest BCUT2D eigenvalue weighted by Crippen LogP contribution is -3.11. The molecule has 2 aromatic rings. The number of carbonyl (C=O) groups excluding carboxylic acids is 2. The average Bonchev–Trinajstić information content (AvgIpc) is 2.70. The fourth-order valence-electron chi connectivity index (χ4n) is 3.26. The topological polar surface area (TPSA) is 63.1 Å². The first-order chi connectivity index (χ1) is 13.5. The van der Waals surface area contributed by atoms with Gasteiger partial charge in [0.05, 0.1) is 14.2 Å². The molecule has 0 saturated heterocycles. The summed E-state index contributed by atoms with van der Waals surface area (Å²) >= 11 is 0. The summed E-state index contributed by atoms with van der Waals surface area (Å²) < 4.78 is 5.19. The van der Waals surface area contributed by atoms with E-state index in [1.165, 1.54) is 0 Å². The van der Waals surface area contributed by atoms with Gasteiger partial charge in [0.15, 0.2) is 12.6 Å². The summed E-state index contributed by atoms with van der Waals surface area (Å²) in [5.74, 6) is 0.555. The van der Waals surface area contributed by atoms with Crippen molar-refractivity contribution in [3.63, 3.8) is 0 Å². The van der Waals surface area contributed by atoms with E-state index in [0.29, 0.717) is 24.5 Å². The molecule has 2 aromatic carbocycles. The number of hydrogen-bond acceptors (Lipinski definition) is 3. The third-order valence-electron chi connectivity index (χ3n) is 4.74. The Kier molecular flexibility index (Phi) is 8.02. The van der Waals surface area contributed by atoms with Crippen molar-refractivity contribution in [1.29, 1.82) is 0 Å². The molecule has 0 aromatic heterocycles. The fraction of sp³-hybridized carbons (Fsp3) is 0.364. The molecule has 0 radical (unpaired) electrons. The van der Waals surface area contributed by atoms with Crippen LogP contribution in [0.1, 0.15) is 25.5 Å². The molecule has 0 aliphatic carbocycles. The summed E-state index contributed by atoms with van der Waals surface area (Å²) in [4.78, 5) is 28.3. The first kappa shape index (κ1) is 21.4. The molecule has 2 N–H and O–H groups in total. The van der Waals surface area contributed by atoms with Gasteiger partial charge in [-0.25, -0.2) is 0 Å². The van der Waals surface area contributed by atoms with E-state index in [-0.39, 0.29) is 18.4 Å². The summed E-state index contributed by atoms with van der Waals surface area (Å²) in [5.41, 5.74) is 1.58. The SMILES string of the molecule is CCN(CC)C(=O)[C@H](c1ccccc1)[NH+](C)CC(=O)Nc1cccc(OC)c1. The van der Waals surface area contributed by atoms with Crippen molar-refractivity contribution in [1.82, 2.24) is 4.90 Å². The van der Waals surface area contributed by atoms with Crippen LogP contribution in [0.2, 0.25) is 0 Å². The van der Waals surface area contributed by atoms with E-state index in [2.05, 4.69) is 5.32 Å². The molecule has 0 bridgehead atoms. The third kappa shape index (κ3) is 5.57. The lowest BCUT2D eigenvalue weighted by molar-refractivity contribution is -0.894. The number of ether oxygens (including phenoxy) is 1. The predicted molar refractivity (Wildman–Crippen MR) is 110 cm³/mol. The number of hydrogen-bond donors (Lipinski definition) is 2. The Labute approximate surface area is 167 Å². The van der Waals surface area contributed by atoms with Crippen LogP contribution in [0, 0.1) is 0 Å². The highest BCUT2D eigenvalue weighted by Gasteiger charge is 2.33. The second-order valence-electron chi connectivity index (χ2n) is 6.66. The van der Waals surface area contributed by atoms with Crippen LogP contribution in [0.3, 0.4) is 0 Å². The van der Waals surface area contributed by atoms with Crippen LogP contribution in [0.15, 0.2) is 54.6 Å². The van der Waals surface area contributed by atoms with E-state index >= 15 is 0 Å². The molecule has 6 heteroatoms. The Hall–Kier alpha value is -2.86. The van der Waals surface area contributed by atoms with Gasteiger partial charge < -0.3 is 19.9 Å². The monoisotopic (exact) mass is 384 g/mol. The molecule has 0 fully saturated rings. The second-order valence-corrected chi connectivity index (χ2v) is 6.66. The van der Waals surface area contributed by atoms with Gasteiger partial charge in [-0.2, -0.15) is 0 Å². The number of anilines is 1. The Bertz CT molecular complexity index is 776. The van der Waals surface area contributed by atoms with Crippen LogP contribution in [0.25, 0.3) is 0 Å². The molecular formula is C22H30N3O3+. The number of carbonyl (C=O) groups is 2. The highest BCUT2D eigenvalue weighted by molar-refractivity contribution is 5.92. The molecule has 2 rings (SSSR count). The van der Waals surface area contributed by atoms with Crippen molar-refractivity contribution < 1.29 is 19.2 Å². The first-order valence-corrected chi connectivity index (χ1v) is 9.60. The molecule has 2 atom stereocenters. The lowest BCUT2D eigenvalue weighted by Gasteiger charge is -2.29. The largest absolute Gasteiger partial charge is 0.497 e. The van der Waals surface area contributed by atoms with Crippen molar-refractivity contribution in [2.24, 2.45) is 0 Å². The molecule has 0 aliphatic heterocycles. The number of methoxy groups -OCH3 is 1. The molecule has 28 heavy (non-hydrogen) atoms. The Morgan fingerprint density at radius 1 is 1.07 bits per heavy atom. The van der Waals surface area contributed by atoms with E-state index in [0.717, 1.165) is 10.5 Å². The Balaban J connectivity index is 2.16. The van der Waals surface area contributed by atoms with E-state index in [9.17, 15) is 9.59 Å². The van der Waals surface area contributed by atoms with Crippen molar-refractivity contribution in [2.75, 3.05) is 39.1 Å². The van der Waals surface area contributed by atoms with Gasteiger partial charge in [0.2, 0.25) is 0 Å². The van der Waals surface area contributed by atoms with Gasteiger partial charge in [0, 0.05) is 30.4 Å². The number of likely N-dealkylation sites (N-methyl/N-ethyl adjacent to an activating group) is 2. The predicted octanol–water partition coefficient (Wildman–Crippen LogP) is 1.76. The number of rotatable bonds is 9. The Morgan fingerprint density at radius 2 is 1.75 bits per heavy atom. The molecular weight excluding hydrogens is 354 g/mol. The third-order valence-corrected chi connectivity index (χ3v) is 4.74. The van der Waals surface area contributed by atoms with Crippen molar-refractivity contribution in [3.8, 4) is 5.75 Å². The minimum Gasteiger partial charge on any atom is -0.497 e. The molecule has 0 heterocycles. The van der Waals surface area contributed by atoms with Crippen LogP contribution in [0.5, 0.6) is 5.75 Å². The van der Waals surface area contributed by atoms with Gasteiger partial charge in [-0.3, -0.25) is 9.59 Å². The van der Waals surface area contributed by atoms with Crippen LogP contribution in [0.4, 0.5) is 5.69 Å². The van der Waals surface area contributed by atoms with Crippen LogP contribution < -0.4 is 15.0 Å². The maximum absolute atomic E-state index is 13.1. The van der Waals surface area contributed by atoms with Crippen molar-refractivity contribution >= 4 is 17.5 Å². The highest BCUT2D eigenvalue weighted by Crippen LogP contribution is 2.16. The standard InChI is InChI=1S/C22H29N3O3/c1-5-25(6-2)22(27)21(17-11-8-7-9-12-17)24(3)16-20(26)23-18-13-10-14-19(15-18)28-4/h7-15,21H,5-6,16H2,1-4H3,(H,23,26)/p+1/t21-/m0/s1. The average molecular weight is 385 g/mol. The molecule has 0 saturated carbocycles. The van der Waals surface area contributed by atoms with Gasteiger partial charge in [0.25, 0.3) is 11.8 Å². The zero-order chi connectivity index (χ0) is 20.5. The molecule has 150 valence electrons.